The van der Waals surface area contributed by atoms with E-state index in [1.165, 1.54) is 4.88 Å². The molecule has 158 valence electrons. The summed E-state index contributed by atoms with van der Waals surface area (Å²) in [6.07, 6.45) is 4.40. The van der Waals surface area contributed by atoms with Gasteiger partial charge in [0.05, 0.1) is 12.8 Å². The quantitative estimate of drug-likeness (QED) is 0.591. The fraction of sp³-hybridized carbons (Fsp3) is 0.391. The lowest BCUT2D eigenvalue weighted by Crippen LogP contribution is -2.40. The number of carbonyl (C=O) groups excluding carboxylic acids is 1. The third kappa shape index (κ3) is 5.29. The first-order valence-electron chi connectivity index (χ1n) is 10.3. The second kappa shape index (κ2) is 9.91. The number of rotatable bonds is 8. The van der Waals surface area contributed by atoms with E-state index in [1.54, 1.807) is 24.7 Å². The van der Waals surface area contributed by atoms with Gasteiger partial charge in [-0.1, -0.05) is 6.07 Å². The van der Waals surface area contributed by atoms with Gasteiger partial charge in [-0.15, -0.1) is 11.3 Å². The van der Waals surface area contributed by atoms with Crippen LogP contribution in [0.25, 0.3) is 11.5 Å². The molecule has 1 N–H and O–H groups in total. The van der Waals surface area contributed by atoms with Gasteiger partial charge in [-0.3, -0.25) is 9.69 Å². The normalized spacial score (nSPS) is 15.2. The maximum absolute atomic E-state index is 12.4. The summed E-state index contributed by atoms with van der Waals surface area (Å²) in [6, 6.07) is 11.8. The van der Waals surface area contributed by atoms with Gasteiger partial charge >= 0.3 is 0 Å². The summed E-state index contributed by atoms with van der Waals surface area (Å²) in [4.78, 5) is 20.7. The molecule has 0 atom stereocenters. The fourth-order valence-corrected chi connectivity index (χ4v) is 4.45. The topological polar surface area (TPSA) is 67.6 Å². The molecule has 3 heterocycles. The van der Waals surface area contributed by atoms with E-state index in [9.17, 15) is 4.79 Å². The summed E-state index contributed by atoms with van der Waals surface area (Å²) < 4.78 is 10.8. The molecule has 3 aromatic rings. The molecular weight excluding hydrogens is 398 g/mol. The first kappa shape index (κ1) is 20.6. The molecule has 6 nitrogen and oxygen atoms in total. The van der Waals surface area contributed by atoms with Crippen molar-refractivity contribution < 1.29 is 13.9 Å². The molecule has 0 aliphatic carbocycles. The van der Waals surface area contributed by atoms with Crippen molar-refractivity contribution in [3.8, 4) is 17.2 Å². The average Bonchev–Trinajstić information content (AvgIpc) is 3.47. The van der Waals surface area contributed by atoms with Crippen LogP contribution in [0.2, 0.25) is 0 Å². The molecule has 1 fully saturated rings. The Morgan fingerprint density at radius 2 is 2.07 bits per heavy atom. The van der Waals surface area contributed by atoms with Gasteiger partial charge in [0, 0.05) is 29.4 Å². The molecule has 1 aliphatic heterocycles. The largest absolute Gasteiger partial charge is 0.497 e. The molecule has 1 aromatic carbocycles. The Hall–Kier alpha value is -2.64. The van der Waals surface area contributed by atoms with Gasteiger partial charge in [-0.25, -0.2) is 4.98 Å². The number of piperidine rings is 1. The number of methoxy groups -OCH3 is 1. The molecule has 0 saturated carbocycles. The van der Waals surface area contributed by atoms with E-state index < -0.39 is 0 Å². The zero-order chi connectivity index (χ0) is 20.8. The summed E-state index contributed by atoms with van der Waals surface area (Å²) in [5.41, 5.74) is 1.85. The van der Waals surface area contributed by atoms with E-state index >= 15 is 0 Å². The Morgan fingerprint density at radius 3 is 2.77 bits per heavy atom. The first-order chi connectivity index (χ1) is 14.7. The average molecular weight is 426 g/mol. The monoisotopic (exact) mass is 425 g/mol. The number of thiophene rings is 1. The number of nitrogens with zero attached hydrogens (tertiary/aromatic N) is 2. The molecule has 7 heteroatoms. The molecule has 4 rings (SSSR count). The molecule has 30 heavy (non-hydrogen) atoms. The van der Waals surface area contributed by atoms with E-state index in [2.05, 4.69) is 26.6 Å². The third-order valence-electron chi connectivity index (χ3n) is 5.48. The summed E-state index contributed by atoms with van der Waals surface area (Å²) in [6.45, 7) is 3.25. The highest BCUT2D eigenvalue weighted by atomic mass is 32.1. The Labute approximate surface area is 180 Å². The van der Waals surface area contributed by atoms with Crippen molar-refractivity contribution in [1.82, 2.24) is 15.2 Å². The predicted octanol–water partition coefficient (Wildman–Crippen LogP) is 3.98. The lowest BCUT2D eigenvalue weighted by molar-refractivity contribution is -0.126. The van der Waals surface area contributed by atoms with Crippen LogP contribution in [0.15, 0.2) is 52.5 Å². The predicted molar refractivity (Wildman–Crippen MR) is 118 cm³/mol. The summed E-state index contributed by atoms with van der Waals surface area (Å²) >= 11 is 1.74. The molecular formula is C23H27N3O3S. The van der Waals surface area contributed by atoms with Crippen LogP contribution in [0.1, 0.15) is 23.4 Å². The second-order valence-corrected chi connectivity index (χ2v) is 8.58. The maximum atomic E-state index is 12.4. The van der Waals surface area contributed by atoms with Gasteiger partial charge < -0.3 is 14.5 Å². The van der Waals surface area contributed by atoms with Crippen molar-refractivity contribution in [2.45, 2.75) is 25.8 Å². The van der Waals surface area contributed by atoms with Gasteiger partial charge in [0.25, 0.3) is 0 Å². The van der Waals surface area contributed by atoms with Gasteiger partial charge in [-0.05, 0) is 68.1 Å². The van der Waals surface area contributed by atoms with E-state index in [-0.39, 0.29) is 11.8 Å². The van der Waals surface area contributed by atoms with Crippen LogP contribution in [-0.4, -0.2) is 42.5 Å². The molecule has 0 unspecified atom stereocenters. The number of benzene rings is 1. The number of oxazole rings is 1. The molecule has 1 saturated heterocycles. The van der Waals surface area contributed by atoms with Gasteiger partial charge in [0.2, 0.25) is 11.8 Å². The molecule has 0 radical (unpaired) electrons. The highest BCUT2D eigenvalue weighted by Crippen LogP contribution is 2.23. The summed E-state index contributed by atoms with van der Waals surface area (Å²) in [5, 5.41) is 5.17. The van der Waals surface area contributed by atoms with Crippen LogP contribution in [0, 0.1) is 5.92 Å². The summed E-state index contributed by atoms with van der Waals surface area (Å²) in [7, 11) is 1.65. The Kier molecular flexibility index (Phi) is 6.81. The fourth-order valence-electron chi connectivity index (χ4n) is 3.74. The van der Waals surface area contributed by atoms with Crippen molar-refractivity contribution in [1.29, 1.82) is 0 Å². The molecule has 1 amide bonds. The zero-order valence-electron chi connectivity index (χ0n) is 17.2. The number of nitrogens with one attached hydrogen (secondary N) is 1. The highest BCUT2D eigenvalue weighted by molar-refractivity contribution is 7.09. The van der Waals surface area contributed by atoms with Crippen molar-refractivity contribution in [2.24, 2.45) is 5.92 Å². The zero-order valence-corrected chi connectivity index (χ0v) is 18.0. The second-order valence-electron chi connectivity index (χ2n) is 7.54. The minimum absolute atomic E-state index is 0.108. The Morgan fingerprint density at radius 1 is 1.27 bits per heavy atom. The van der Waals surface area contributed by atoms with Crippen LogP contribution in [0.5, 0.6) is 5.75 Å². The van der Waals surface area contributed by atoms with Gasteiger partial charge in [0.1, 0.15) is 12.0 Å². The van der Waals surface area contributed by atoms with Crippen LogP contribution in [-0.2, 0) is 17.8 Å². The first-order valence-corrected chi connectivity index (χ1v) is 11.2. The van der Waals surface area contributed by atoms with E-state index in [4.69, 9.17) is 9.15 Å². The number of carbonyl (C=O) groups is 1. The van der Waals surface area contributed by atoms with Crippen molar-refractivity contribution in [3.05, 3.63) is 58.6 Å². The van der Waals surface area contributed by atoms with Crippen LogP contribution >= 0.6 is 11.3 Å². The number of likely N-dealkylation sites (tertiary alicyclic amines) is 1. The van der Waals surface area contributed by atoms with Crippen LogP contribution < -0.4 is 10.1 Å². The molecule has 0 spiro atoms. The van der Waals surface area contributed by atoms with Crippen LogP contribution in [0.3, 0.4) is 0 Å². The standard InChI is InChI=1S/C23H27N3O3S/c1-28-20-6-4-18(5-7-20)23-25-19(16-29-23)15-26-12-9-17(10-13-26)22(27)24-11-8-21-3-2-14-30-21/h2-7,14,16-17H,8-13,15H2,1H3,(H,24,27). The Balaban J connectivity index is 1.22. The number of amides is 1. The van der Waals surface area contributed by atoms with E-state index in [0.29, 0.717) is 12.4 Å². The number of hydrogen-bond donors (Lipinski definition) is 1. The van der Waals surface area contributed by atoms with Gasteiger partial charge in [-0.2, -0.15) is 0 Å². The Bertz CT molecular complexity index is 929. The minimum Gasteiger partial charge on any atom is -0.497 e. The van der Waals surface area contributed by atoms with Crippen molar-refractivity contribution >= 4 is 17.2 Å². The van der Waals surface area contributed by atoms with E-state index in [1.807, 2.05) is 30.3 Å². The third-order valence-corrected chi connectivity index (χ3v) is 6.42. The molecule has 2 aromatic heterocycles. The van der Waals surface area contributed by atoms with E-state index in [0.717, 1.165) is 55.9 Å². The number of aromatic nitrogens is 1. The highest BCUT2D eigenvalue weighted by Gasteiger charge is 2.25. The lowest BCUT2D eigenvalue weighted by Gasteiger charge is -2.30. The SMILES string of the molecule is COc1ccc(-c2nc(CN3CCC(C(=O)NCCc4cccs4)CC3)co2)cc1. The van der Waals surface area contributed by atoms with Crippen LogP contribution in [0.4, 0.5) is 0 Å². The van der Waals surface area contributed by atoms with Crippen molar-refractivity contribution in [3.63, 3.8) is 0 Å². The minimum atomic E-state index is 0.108. The van der Waals surface area contributed by atoms with Gasteiger partial charge in [0.15, 0.2) is 0 Å². The smallest absolute Gasteiger partial charge is 0.226 e. The summed E-state index contributed by atoms with van der Waals surface area (Å²) in [5.74, 6) is 1.72. The molecule has 1 aliphatic rings. The number of ether oxygens (including phenoxy) is 1. The maximum Gasteiger partial charge on any atom is 0.226 e. The number of hydrogen-bond acceptors (Lipinski definition) is 6. The lowest BCUT2D eigenvalue weighted by atomic mass is 9.96. The molecule has 0 bridgehead atoms. The van der Waals surface area contributed by atoms with Crippen molar-refractivity contribution in [2.75, 3.05) is 26.7 Å².